The number of rotatable bonds is 9. The number of carbonyl (C=O) groups excluding carboxylic acids is 2. The molecule has 1 aliphatic rings. The molecule has 0 bridgehead atoms. The molecule has 0 heterocycles. The third-order valence-corrected chi connectivity index (χ3v) is 4.34. The lowest BCUT2D eigenvalue weighted by atomic mass is 9.77. The zero-order valence-electron chi connectivity index (χ0n) is 14.8. The molecule has 0 saturated carbocycles. The lowest BCUT2D eigenvalue weighted by Crippen LogP contribution is -2.26. The molecule has 126 valence electrons. The zero-order valence-corrected chi connectivity index (χ0v) is 14.8. The molecular weight excluding hydrogens is 276 g/mol. The smallest absolute Gasteiger partial charge is 0.310 e. The van der Waals surface area contributed by atoms with E-state index in [4.69, 9.17) is 4.74 Å². The number of ketones is 1. The Morgan fingerprint density at radius 2 is 1.64 bits per heavy atom. The van der Waals surface area contributed by atoms with Gasteiger partial charge in [-0.1, -0.05) is 59.3 Å². The molecule has 0 amide bonds. The maximum absolute atomic E-state index is 11.9. The van der Waals surface area contributed by atoms with Gasteiger partial charge in [-0.15, -0.1) is 0 Å². The normalized spacial score (nSPS) is 17.7. The minimum absolute atomic E-state index is 0.106. The third kappa shape index (κ3) is 6.76. The minimum Gasteiger partial charge on any atom is -0.431 e. The molecule has 3 nitrogen and oxygen atoms in total. The van der Waals surface area contributed by atoms with Gasteiger partial charge in [-0.3, -0.25) is 9.59 Å². The van der Waals surface area contributed by atoms with Crippen LogP contribution >= 0.6 is 0 Å². The van der Waals surface area contributed by atoms with Gasteiger partial charge in [-0.2, -0.15) is 0 Å². The van der Waals surface area contributed by atoms with Crippen molar-refractivity contribution in [3.05, 3.63) is 11.3 Å². The van der Waals surface area contributed by atoms with Gasteiger partial charge in [0.2, 0.25) is 0 Å². The van der Waals surface area contributed by atoms with Crippen molar-refractivity contribution >= 4 is 11.8 Å². The van der Waals surface area contributed by atoms with E-state index in [-0.39, 0.29) is 17.2 Å². The molecule has 0 saturated heterocycles. The highest BCUT2D eigenvalue weighted by atomic mass is 16.5. The van der Waals surface area contributed by atoms with Crippen LogP contribution in [0.5, 0.6) is 0 Å². The average molecular weight is 308 g/mol. The van der Waals surface area contributed by atoms with Crippen LogP contribution in [0, 0.1) is 5.41 Å². The van der Waals surface area contributed by atoms with E-state index >= 15 is 0 Å². The Morgan fingerprint density at radius 3 is 2.27 bits per heavy atom. The molecule has 0 aromatic rings. The van der Waals surface area contributed by atoms with Crippen LogP contribution in [0.4, 0.5) is 0 Å². The molecule has 22 heavy (non-hydrogen) atoms. The Morgan fingerprint density at radius 1 is 1.05 bits per heavy atom. The van der Waals surface area contributed by atoms with Gasteiger partial charge >= 0.3 is 5.97 Å². The summed E-state index contributed by atoms with van der Waals surface area (Å²) >= 11 is 0. The number of carbonyl (C=O) groups is 2. The van der Waals surface area contributed by atoms with Crippen molar-refractivity contribution in [1.29, 1.82) is 0 Å². The van der Waals surface area contributed by atoms with Gasteiger partial charge in [0.1, 0.15) is 5.76 Å². The van der Waals surface area contributed by atoms with Crippen LogP contribution in [-0.4, -0.2) is 11.8 Å². The standard InChI is InChI=1S/C19H32O3/c1-5-6-7-8-9-10-11-12-18(21)22-17-14-19(3,4)13-16(20)15(17)2/h5-14H2,1-4H3. The predicted octanol–water partition coefficient (Wildman–Crippen LogP) is 5.33. The van der Waals surface area contributed by atoms with Crippen molar-refractivity contribution < 1.29 is 14.3 Å². The van der Waals surface area contributed by atoms with Crippen LogP contribution in [0.2, 0.25) is 0 Å². The van der Waals surface area contributed by atoms with E-state index in [1.54, 1.807) is 6.92 Å². The summed E-state index contributed by atoms with van der Waals surface area (Å²) in [5.74, 6) is 0.512. The number of allylic oxidation sites excluding steroid dienone is 2. The number of unbranched alkanes of at least 4 members (excludes halogenated alkanes) is 6. The zero-order chi connectivity index (χ0) is 16.6. The van der Waals surface area contributed by atoms with Crippen molar-refractivity contribution in [3.8, 4) is 0 Å². The Kier molecular flexibility index (Phi) is 7.84. The summed E-state index contributed by atoms with van der Waals surface area (Å²) < 4.78 is 5.47. The Bertz CT molecular complexity index is 418. The van der Waals surface area contributed by atoms with Crippen molar-refractivity contribution in [1.82, 2.24) is 0 Å². The lowest BCUT2D eigenvalue weighted by molar-refractivity contribution is -0.140. The summed E-state index contributed by atoms with van der Waals surface area (Å²) in [5, 5.41) is 0. The summed E-state index contributed by atoms with van der Waals surface area (Å²) in [6.45, 7) is 8.07. The summed E-state index contributed by atoms with van der Waals surface area (Å²) in [6.07, 6.45) is 9.95. The fourth-order valence-corrected chi connectivity index (χ4v) is 2.88. The fraction of sp³-hybridized carbons (Fsp3) is 0.789. The molecule has 0 aliphatic heterocycles. The second-order valence-electron chi connectivity index (χ2n) is 7.33. The van der Waals surface area contributed by atoms with Gasteiger partial charge < -0.3 is 4.74 Å². The van der Waals surface area contributed by atoms with Gasteiger partial charge in [0.25, 0.3) is 0 Å². The van der Waals surface area contributed by atoms with Gasteiger partial charge in [-0.05, 0) is 18.8 Å². The van der Waals surface area contributed by atoms with Crippen molar-refractivity contribution in [2.45, 2.75) is 91.9 Å². The maximum Gasteiger partial charge on any atom is 0.310 e. The first-order valence-electron chi connectivity index (χ1n) is 8.79. The largest absolute Gasteiger partial charge is 0.431 e. The van der Waals surface area contributed by atoms with Crippen LogP contribution in [-0.2, 0) is 14.3 Å². The monoisotopic (exact) mass is 308 g/mol. The maximum atomic E-state index is 11.9. The van der Waals surface area contributed by atoms with Gasteiger partial charge in [0.15, 0.2) is 5.78 Å². The number of Topliss-reactive ketones (excluding diaryl/α,β-unsaturated/α-hetero) is 1. The Balaban J connectivity index is 2.29. The van der Waals surface area contributed by atoms with Crippen LogP contribution in [0.1, 0.15) is 91.9 Å². The lowest BCUT2D eigenvalue weighted by Gasteiger charge is -2.30. The van der Waals surface area contributed by atoms with Gasteiger partial charge in [-0.25, -0.2) is 0 Å². The number of hydrogen-bond donors (Lipinski definition) is 0. The van der Waals surface area contributed by atoms with Crippen LogP contribution < -0.4 is 0 Å². The van der Waals surface area contributed by atoms with Crippen molar-refractivity contribution in [2.75, 3.05) is 0 Å². The highest BCUT2D eigenvalue weighted by molar-refractivity contribution is 5.97. The van der Waals surface area contributed by atoms with E-state index in [0.717, 1.165) is 12.8 Å². The summed E-state index contributed by atoms with van der Waals surface area (Å²) in [5.41, 5.74) is 0.526. The Hall–Kier alpha value is -1.12. The second kappa shape index (κ2) is 9.12. The Labute approximate surface area is 135 Å². The molecule has 0 atom stereocenters. The van der Waals surface area contributed by atoms with E-state index in [1.165, 1.54) is 32.1 Å². The molecule has 3 heteroatoms. The number of ether oxygens (including phenoxy) is 1. The molecule has 0 N–H and O–H groups in total. The first kappa shape index (κ1) is 18.9. The molecule has 0 aromatic carbocycles. The molecular formula is C19H32O3. The molecule has 0 radical (unpaired) electrons. The predicted molar refractivity (Wildman–Crippen MR) is 89.4 cm³/mol. The van der Waals surface area contributed by atoms with E-state index < -0.39 is 0 Å². The minimum atomic E-state index is -0.187. The summed E-state index contributed by atoms with van der Waals surface area (Å²) in [4.78, 5) is 23.9. The van der Waals surface area contributed by atoms with Crippen LogP contribution in [0.3, 0.4) is 0 Å². The van der Waals surface area contributed by atoms with Gasteiger partial charge in [0, 0.05) is 24.8 Å². The molecule has 0 unspecified atom stereocenters. The van der Waals surface area contributed by atoms with E-state index in [9.17, 15) is 9.59 Å². The topological polar surface area (TPSA) is 43.4 Å². The number of hydrogen-bond acceptors (Lipinski definition) is 3. The molecule has 1 rings (SSSR count). The van der Waals surface area contributed by atoms with Crippen LogP contribution in [0.15, 0.2) is 11.3 Å². The first-order chi connectivity index (χ1) is 10.4. The molecule has 1 aliphatic carbocycles. The first-order valence-corrected chi connectivity index (χ1v) is 8.79. The molecule has 0 fully saturated rings. The van der Waals surface area contributed by atoms with Crippen molar-refractivity contribution in [3.63, 3.8) is 0 Å². The van der Waals surface area contributed by atoms with E-state index in [1.807, 2.05) is 13.8 Å². The van der Waals surface area contributed by atoms with Crippen molar-refractivity contribution in [2.24, 2.45) is 5.41 Å². The second-order valence-corrected chi connectivity index (χ2v) is 7.33. The SMILES string of the molecule is CCCCCCCCCC(=O)OC1=C(C)C(=O)CC(C)(C)C1. The van der Waals surface area contributed by atoms with E-state index in [2.05, 4.69) is 6.92 Å². The fourth-order valence-electron chi connectivity index (χ4n) is 2.88. The average Bonchev–Trinajstić information content (AvgIpc) is 2.42. The molecule has 0 spiro atoms. The van der Waals surface area contributed by atoms with Gasteiger partial charge in [0.05, 0.1) is 0 Å². The van der Waals surface area contributed by atoms with Crippen LogP contribution in [0.25, 0.3) is 0 Å². The highest BCUT2D eigenvalue weighted by Gasteiger charge is 2.32. The third-order valence-electron chi connectivity index (χ3n) is 4.34. The molecule has 0 aromatic heterocycles. The quantitative estimate of drug-likeness (QED) is 0.427. The number of esters is 1. The summed E-state index contributed by atoms with van der Waals surface area (Å²) in [7, 11) is 0. The summed E-state index contributed by atoms with van der Waals surface area (Å²) in [6, 6.07) is 0. The van der Waals surface area contributed by atoms with E-state index in [0.29, 0.717) is 30.6 Å². The highest BCUT2D eigenvalue weighted by Crippen LogP contribution is 2.37.